The summed E-state index contributed by atoms with van der Waals surface area (Å²) in [5.41, 5.74) is 0.148. The Morgan fingerprint density at radius 2 is 2.00 bits per heavy atom. The summed E-state index contributed by atoms with van der Waals surface area (Å²) in [6, 6.07) is 3.26. The Hall–Kier alpha value is -1.00. The fourth-order valence-electron chi connectivity index (χ4n) is 2.52. The third-order valence-electron chi connectivity index (χ3n) is 3.57. The molecule has 0 aliphatic heterocycles. The van der Waals surface area contributed by atoms with Crippen LogP contribution in [0.5, 0.6) is 0 Å². The second-order valence-corrected chi connectivity index (χ2v) is 4.99. The lowest BCUT2D eigenvalue weighted by molar-refractivity contribution is 0.168. The van der Waals surface area contributed by atoms with E-state index in [1.54, 1.807) is 0 Å². The standard InChI is InChI=1S/C14H19F2NO/c15-11-5-6-12(13(16)7-11)14(18)9-17-8-10-3-1-2-4-10/h5-7,10,14,17-18H,1-4,8-9H2. The number of rotatable bonds is 5. The Kier molecular flexibility index (Phi) is 4.66. The van der Waals surface area contributed by atoms with E-state index in [0.717, 1.165) is 12.6 Å². The summed E-state index contributed by atoms with van der Waals surface area (Å²) in [7, 11) is 0. The average Bonchev–Trinajstić information content (AvgIpc) is 2.81. The van der Waals surface area contributed by atoms with Gasteiger partial charge < -0.3 is 10.4 Å². The molecule has 1 aromatic rings. The molecule has 0 heterocycles. The number of aliphatic hydroxyl groups excluding tert-OH is 1. The molecule has 0 spiro atoms. The summed E-state index contributed by atoms with van der Waals surface area (Å²) in [6.45, 7) is 1.17. The first-order chi connectivity index (χ1) is 8.66. The van der Waals surface area contributed by atoms with Crippen LogP contribution in [0, 0.1) is 17.6 Å². The van der Waals surface area contributed by atoms with Gasteiger partial charge in [0.15, 0.2) is 0 Å². The van der Waals surface area contributed by atoms with E-state index in [4.69, 9.17) is 0 Å². The third kappa shape index (κ3) is 3.50. The van der Waals surface area contributed by atoms with Crippen molar-refractivity contribution in [1.82, 2.24) is 5.32 Å². The van der Waals surface area contributed by atoms with Gasteiger partial charge in [0, 0.05) is 18.2 Å². The molecule has 1 atom stereocenters. The predicted molar refractivity (Wildman–Crippen MR) is 66.1 cm³/mol. The normalized spacial score (nSPS) is 18.2. The topological polar surface area (TPSA) is 32.3 Å². The van der Waals surface area contributed by atoms with Gasteiger partial charge in [0.1, 0.15) is 11.6 Å². The number of hydrogen-bond acceptors (Lipinski definition) is 2. The van der Waals surface area contributed by atoms with Crippen LogP contribution in [0.15, 0.2) is 18.2 Å². The lowest BCUT2D eigenvalue weighted by atomic mass is 10.1. The van der Waals surface area contributed by atoms with Crippen LogP contribution in [0.2, 0.25) is 0 Å². The van der Waals surface area contributed by atoms with Crippen molar-refractivity contribution in [3.05, 3.63) is 35.4 Å². The molecular weight excluding hydrogens is 236 g/mol. The van der Waals surface area contributed by atoms with Gasteiger partial charge in [-0.1, -0.05) is 18.9 Å². The van der Waals surface area contributed by atoms with Crippen molar-refractivity contribution >= 4 is 0 Å². The molecule has 0 bridgehead atoms. The van der Waals surface area contributed by atoms with Gasteiger partial charge in [-0.15, -0.1) is 0 Å². The second kappa shape index (κ2) is 6.25. The van der Waals surface area contributed by atoms with Crippen molar-refractivity contribution < 1.29 is 13.9 Å². The van der Waals surface area contributed by atoms with Gasteiger partial charge >= 0.3 is 0 Å². The maximum absolute atomic E-state index is 13.4. The van der Waals surface area contributed by atoms with Gasteiger partial charge in [-0.05, 0) is 31.4 Å². The number of nitrogens with one attached hydrogen (secondary N) is 1. The zero-order valence-electron chi connectivity index (χ0n) is 10.3. The van der Waals surface area contributed by atoms with Crippen molar-refractivity contribution in [2.45, 2.75) is 31.8 Å². The van der Waals surface area contributed by atoms with E-state index in [1.807, 2.05) is 0 Å². The summed E-state index contributed by atoms with van der Waals surface area (Å²) >= 11 is 0. The quantitative estimate of drug-likeness (QED) is 0.848. The molecule has 2 nitrogen and oxygen atoms in total. The maximum Gasteiger partial charge on any atom is 0.131 e. The average molecular weight is 255 g/mol. The van der Waals surface area contributed by atoms with Gasteiger partial charge in [-0.2, -0.15) is 0 Å². The van der Waals surface area contributed by atoms with Gasteiger partial charge in [0.05, 0.1) is 6.10 Å². The zero-order chi connectivity index (χ0) is 13.0. The molecule has 100 valence electrons. The summed E-state index contributed by atoms with van der Waals surface area (Å²) in [4.78, 5) is 0. The van der Waals surface area contributed by atoms with Crippen LogP contribution in [0.3, 0.4) is 0 Å². The maximum atomic E-state index is 13.4. The number of aliphatic hydroxyl groups is 1. The Morgan fingerprint density at radius 3 is 2.67 bits per heavy atom. The molecule has 1 aromatic carbocycles. The lowest BCUT2D eigenvalue weighted by Gasteiger charge is -2.15. The Morgan fingerprint density at radius 1 is 1.28 bits per heavy atom. The highest BCUT2D eigenvalue weighted by molar-refractivity contribution is 5.21. The Bertz CT molecular complexity index is 391. The van der Waals surface area contributed by atoms with Gasteiger partial charge in [-0.3, -0.25) is 0 Å². The van der Waals surface area contributed by atoms with E-state index in [0.29, 0.717) is 12.5 Å². The van der Waals surface area contributed by atoms with Crippen molar-refractivity contribution in [1.29, 1.82) is 0 Å². The van der Waals surface area contributed by atoms with E-state index in [2.05, 4.69) is 5.32 Å². The highest BCUT2D eigenvalue weighted by Gasteiger charge is 2.16. The molecule has 0 aromatic heterocycles. The van der Waals surface area contributed by atoms with E-state index in [1.165, 1.54) is 37.8 Å². The lowest BCUT2D eigenvalue weighted by Crippen LogP contribution is -2.26. The molecule has 4 heteroatoms. The summed E-state index contributed by atoms with van der Waals surface area (Å²) in [5.74, 6) is -0.636. The van der Waals surface area contributed by atoms with E-state index in [9.17, 15) is 13.9 Å². The van der Waals surface area contributed by atoms with E-state index in [-0.39, 0.29) is 5.56 Å². The van der Waals surface area contributed by atoms with E-state index >= 15 is 0 Å². The largest absolute Gasteiger partial charge is 0.387 e. The molecule has 1 fully saturated rings. The zero-order valence-corrected chi connectivity index (χ0v) is 10.3. The number of benzene rings is 1. The molecule has 2 rings (SSSR count). The molecule has 2 N–H and O–H groups in total. The fraction of sp³-hybridized carbons (Fsp3) is 0.571. The van der Waals surface area contributed by atoms with Crippen molar-refractivity contribution in [2.75, 3.05) is 13.1 Å². The van der Waals surface area contributed by atoms with Crippen LogP contribution in [-0.2, 0) is 0 Å². The van der Waals surface area contributed by atoms with Crippen molar-refractivity contribution in [3.63, 3.8) is 0 Å². The first-order valence-electron chi connectivity index (χ1n) is 6.50. The molecule has 1 aliphatic carbocycles. The minimum absolute atomic E-state index is 0.148. The molecule has 1 saturated carbocycles. The summed E-state index contributed by atoms with van der Waals surface area (Å²) < 4.78 is 26.1. The summed E-state index contributed by atoms with van der Waals surface area (Å²) in [6.07, 6.45) is 4.09. The molecular formula is C14H19F2NO. The minimum Gasteiger partial charge on any atom is -0.387 e. The minimum atomic E-state index is -0.924. The van der Waals surface area contributed by atoms with Crippen LogP contribution in [-0.4, -0.2) is 18.2 Å². The van der Waals surface area contributed by atoms with Crippen molar-refractivity contribution in [3.8, 4) is 0 Å². The molecule has 0 saturated heterocycles. The molecule has 1 unspecified atom stereocenters. The number of hydrogen-bond donors (Lipinski definition) is 2. The summed E-state index contributed by atoms with van der Waals surface area (Å²) in [5, 5.41) is 13.0. The fourth-order valence-corrected chi connectivity index (χ4v) is 2.52. The highest BCUT2D eigenvalue weighted by atomic mass is 19.1. The monoisotopic (exact) mass is 255 g/mol. The van der Waals surface area contributed by atoms with Crippen LogP contribution in [0.4, 0.5) is 8.78 Å². The highest BCUT2D eigenvalue weighted by Crippen LogP contribution is 2.24. The Labute approximate surface area is 106 Å². The Balaban J connectivity index is 1.81. The smallest absolute Gasteiger partial charge is 0.131 e. The van der Waals surface area contributed by atoms with Gasteiger partial charge in [0.25, 0.3) is 0 Å². The van der Waals surface area contributed by atoms with Crippen LogP contribution in [0.1, 0.15) is 37.4 Å². The molecule has 1 aliphatic rings. The van der Waals surface area contributed by atoms with Gasteiger partial charge in [-0.25, -0.2) is 8.78 Å². The van der Waals surface area contributed by atoms with Crippen LogP contribution in [0.25, 0.3) is 0 Å². The third-order valence-corrected chi connectivity index (χ3v) is 3.57. The second-order valence-electron chi connectivity index (χ2n) is 4.99. The van der Waals surface area contributed by atoms with Crippen LogP contribution >= 0.6 is 0 Å². The number of halogens is 2. The van der Waals surface area contributed by atoms with Crippen molar-refractivity contribution in [2.24, 2.45) is 5.92 Å². The SMILES string of the molecule is OC(CNCC1CCCC1)c1ccc(F)cc1F. The molecule has 0 radical (unpaired) electrons. The molecule has 0 amide bonds. The molecule has 18 heavy (non-hydrogen) atoms. The predicted octanol–water partition coefficient (Wildman–Crippen LogP) is 2.78. The van der Waals surface area contributed by atoms with Gasteiger partial charge in [0.2, 0.25) is 0 Å². The first-order valence-corrected chi connectivity index (χ1v) is 6.50. The van der Waals surface area contributed by atoms with Crippen LogP contribution < -0.4 is 5.32 Å². The first kappa shape index (κ1) is 13.4. The van der Waals surface area contributed by atoms with E-state index < -0.39 is 17.7 Å².